The summed E-state index contributed by atoms with van der Waals surface area (Å²) in [5, 5.41) is 1.02. The van der Waals surface area contributed by atoms with Gasteiger partial charge in [-0.15, -0.1) is 0 Å². The van der Waals surface area contributed by atoms with Crippen molar-refractivity contribution >= 4 is 39.8 Å². The summed E-state index contributed by atoms with van der Waals surface area (Å²) in [7, 11) is 1.63. The van der Waals surface area contributed by atoms with E-state index in [1.165, 1.54) is 0 Å². The first kappa shape index (κ1) is 9.51. The molecule has 1 heterocycles. The van der Waals surface area contributed by atoms with Gasteiger partial charge in [-0.2, -0.15) is 0 Å². The molecule has 3 nitrogen and oxygen atoms in total. The summed E-state index contributed by atoms with van der Waals surface area (Å²) in [6, 6.07) is 5.69. The number of benzene rings is 1. The van der Waals surface area contributed by atoms with Gasteiger partial charge in [-0.3, -0.25) is 4.79 Å². The van der Waals surface area contributed by atoms with E-state index >= 15 is 0 Å². The predicted octanol–water partition coefficient (Wildman–Crippen LogP) is 2.59. The highest BCUT2D eigenvalue weighted by Gasteiger charge is 2.08. The molecule has 0 atom stereocenters. The first-order valence-electron chi connectivity index (χ1n) is 4.06. The lowest BCUT2D eigenvalue weighted by Gasteiger charge is -1.98. The molecule has 0 amide bonds. The van der Waals surface area contributed by atoms with Gasteiger partial charge in [0.2, 0.25) is 0 Å². The maximum atomic E-state index is 10.7. The maximum Gasteiger partial charge on any atom is 0.167 e. The normalized spacial score (nSPS) is 10.4. The molecule has 2 aromatic rings. The molecule has 0 bridgehead atoms. The van der Waals surface area contributed by atoms with Crippen LogP contribution in [-0.4, -0.2) is 18.4 Å². The van der Waals surface area contributed by atoms with Crippen LogP contribution in [0.25, 0.3) is 10.9 Å². The SMILES string of the molecule is COc1ccc2[nH]c(C=O)c(I)c2c1. The third kappa shape index (κ3) is 1.39. The van der Waals surface area contributed by atoms with Crippen molar-refractivity contribution in [3.8, 4) is 5.75 Å². The number of hydrogen-bond donors (Lipinski definition) is 1. The van der Waals surface area contributed by atoms with Gasteiger partial charge in [0.25, 0.3) is 0 Å². The highest BCUT2D eigenvalue weighted by molar-refractivity contribution is 14.1. The van der Waals surface area contributed by atoms with Crippen molar-refractivity contribution < 1.29 is 9.53 Å². The van der Waals surface area contributed by atoms with Crippen molar-refractivity contribution in [2.24, 2.45) is 0 Å². The average molecular weight is 301 g/mol. The molecule has 1 aromatic heterocycles. The van der Waals surface area contributed by atoms with E-state index in [1.807, 2.05) is 18.2 Å². The second-order valence-corrected chi connectivity index (χ2v) is 3.96. The minimum absolute atomic E-state index is 0.619. The van der Waals surface area contributed by atoms with E-state index in [2.05, 4.69) is 27.6 Å². The zero-order valence-electron chi connectivity index (χ0n) is 7.50. The number of carbonyl (C=O) groups is 1. The Morgan fingerprint density at radius 3 is 2.93 bits per heavy atom. The minimum atomic E-state index is 0.619. The Labute approximate surface area is 94.6 Å². The van der Waals surface area contributed by atoms with Crippen LogP contribution in [0, 0.1) is 3.57 Å². The van der Waals surface area contributed by atoms with Crippen molar-refractivity contribution in [3.05, 3.63) is 27.5 Å². The molecule has 72 valence electrons. The maximum absolute atomic E-state index is 10.7. The van der Waals surface area contributed by atoms with Crippen LogP contribution in [0.4, 0.5) is 0 Å². The summed E-state index contributed by atoms with van der Waals surface area (Å²) in [5.74, 6) is 0.798. The molecule has 14 heavy (non-hydrogen) atoms. The van der Waals surface area contributed by atoms with Gasteiger partial charge in [-0.25, -0.2) is 0 Å². The molecule has 0 aliphatic heterocycles. The molecule has 4 heteroatoms. The van der Waals surface area contributed by atoms with Crippen molar-refractivity contribution in [2.45, 2.75) is 0 Å². The van der Waals surface area contributed by atoms with Gasteiger partial charge in [0.15, 0.2) is 6.29 Å². The number of aldehydes is 1. The minimum Gasteiger partial charge on any atom is -0.497 e. The van der Waals surface area contributed by atoms with Crippen LogP contribution in [-0.2, 0) is 0 Å². The fraction of sp³-hybridized carbons (Fsp3) is 0.100. The fourth-order valence-electron chi connectivity index (χ4n) is 1.37. The van der Waals surface area contributed by atoms with Gasteiger partial charge < -0.3 is 9.72 Å². The van der Waals surface area contributed by atoms with Crippen molar-refractivity contribution in [3.63, 3.8) is 0 Å². The summed E-state index contributed by atoms with van der Waals surface area (Å²) in [6.07, 6.45) is 0.828. The Kier molecular flexibility index (Phi) is 2.45. The van der Waals surface area contributed by atoms with Crippen LogP contribution in [0.3, 0.4) is 0 Å². The number of aromatic amines is 1. The number of fused-ring (bicyclic) bond motifs is 1. The van der Waals surface area contributed by atoms with Crippen molar-refractivity contribution in [1.82, 2.24) is 4.98 Å². The van der Waals surface area contributed by atoms with Gasteiger partial charge >= 0.3 is 0 Å². The van der Waals surface area contributed by atoms with Gasteiger partial charge in [0.1, 0.15) is 5.75 Å². The molecule has 0 aliphatic rings. The van der Waals surface area contributed by atoms with Crippen molar-refractivity contribution in [2.75, 3.05) is 7.11 Å². The number of aromatic nitrogens is 1. The fourth-order valence-corrected chi connectivity index (χ4v) is 2.08. The second-order valence-electron chi connectivity index (χ2n) is 2.88. The molecule has 0 fully saturated rings. The summed E-state index contributed by atoms with van der Waals surface area (Å²) < 4.78 is 6.05. The number of rotatable bonds is 2. The highest BCUT2D eigenvalue weighted by Crippen LogP contribution is 2.26. The summed E-state index contributed by atoms with van der Waals surface area (Å²) in [4.78, 5) is 13.7. The zero-order chi connectivity index (χ0) is 10.1. The van der Waals surface area contributed by atoms with Gasteiger partial charge in [0.05, 0.1) is 12.8 Å². The van der Waals surface area contributed by atoms with E-state index < -0.39 is 0 Å². The lowest BCUT2D eigenvalue weighted by molar-refractivity contribution is 0.111. The molecule has 0 unspecified atom stereocenters. The molecular weight excluding hydrogens is 293 g/mol. The smallest absolute Gasteiger partial charge is 0.167 e. The number of methoxy groups -OCH3 is 1. The van der Waals surface area contributed by atoms with Crippen LogP contribution in [0.15, 0.2) is 18.2 Å². The first-order chi connectivity index (χ1) is 6.76. The summed E-state index contributed by atoms with van der Waals surface area (Å²) in [6.45, 7) is 0. The van der Waals surface area contributed by atoms with E-state index in [0.717, 1.165) is 26.5 Å². The van der Waals surface area contributed by atoms with E-state index in [9.17, 15) is 4.79 Å². The molecule has 2 rings (SSSR count). The van der Waals surface area contributed by atoms with Crippen LogP contribution in [0.2, 0.25) is 0 Å². The van der Waals surface area contributed by atoms with Crippen LogP contribution < -0.4 is 4.74 Å². The number of hydrogen-bond acceptors (Lipinski definition) is 2. The number of halogens is 1. The van der Waals surface area contributed by atoms with Gasteiger partial charge in [-0.1, -0.05) is 0 Å². The van der Waals surface area contributed by atoms with Gasteiger partial charge in [0, 0.05) is 14.5 Å². The lowest BCUT2D eigenvalue weighted by atomic mass is 10.2. The molecule has 0 spiro atoms. The molecule has 1 aromatic carbocycles. The van der Waals surface area contributed by atoms with Crippen LogP contribution in [0.5, 0.6) is 5.75 Å². The average Bonchev–Trinajstić information content (AvgIpc) is 2.55. The Bertz CT molecular complexity index is 490. The lowest BCUT2D eigenvalue weighted by Crippen LogP contribution is -1.81. The third-order valence-corrected chi connectivity index (χ3v) is 3.25. The number of nitrogens with one attached hydrogen (secondary N) is 1. The van der Waals surface area contributed by atoms with Gasteiger partial charge in [-0.05, 0) is 40.8 Å². The molecule has 1 N–H and O–H groups in total. The zero-order valence-corrected chi connectivity index (χ0v) is 9.66. The summed E-state index contributed by atoms with van der Waals surface area (Å²) >= 11 is 2.15. The Hall–Kier alpha value is -1.04. The Morgan fingerprint density at radius 2 is 2.29 bits per heavy atom. The quantitative estimate of drug-likeness (QED) is 0.684. The molecule has 0 radical (unpaired) electrons. The van der Waals surface area contributed by atoms with Crippen LogP contribution in [0.1, 0.15) is 10.5 Å². The molecule has 0 saturated heterocycles. The topological polar surface area (TPSA) is 42.1 Å². The van der Waals surface area contributed by atoms with E-state index in [0.29, 0.717) is 5.69 Å². The molecule has 0 aliphatic carbocycles. The van der Waals surface area contributed by atoms with Crippen molar-refractivity contribution in [1.29, 1.82) is 0 Å². The molecular formula is C10H8INO2. The monoisotopic (exact) mass is 301 g/mol. The number of H-pyrrole nitrogens is 1. The number of ether oxygens (including phenoxy) is 1. The Morgan fingerprint density at radius 1 is 1.50 bits per heavy atom. The standard InChI is InChI=1S/C10H8INO2/c1-14-6-2-3-8-7(4-6)10(11)9(5-13)12-8/h2-5,12H,1H3. The predicted molar refractivity (Wildman–Crippen MR) is 63.0 cm³/mol. The second kappa shape index (κ2) is 3.61. The third-order valence-electron chi connectivity index (χ3n) is 2.09. The van der Waals surface area contributed by atoms with Crippen LogP contribution >= 0.6 is 22.6 Å². The first-order valence-corrected chi connectivity index (χ1v) is 5.14. The molecule has 0 saturated carbocycles. The van der Waals surface area contributed by atoms with E-state index in [1.54, 1.807) is 7.11 Å². The Balaban J connectivity index is 2.74. The van der Waals surface area contributed by atoms with E-state index in [4.69, 9.17) is 4.74 Å². The highest BCUT2D eigenvalue weighted by atomic mass is 127. The number of carbonyl (C=O) groups excluding carboxylic acids is 1. The van der Waals surface area contributed by atoms with E-state index in [-0.39, 0.29) is 0 Å². The summed E-state index contributed by atoms with van der Waals surface area (Å²) in [5.41, 5.74) is 1.58. The largest absolute Gasteiger partial charge is 0.497 e.